The summed E-state index contributed by atoms with van der Waals surface area (Å²) in [6, 6.07) is 31.0. The molecule has 41 heavy (non-hydrogen) atoms. The van der Waals surface area contributed by atoms with E-state index >= 15 is 0 Å². The van der Waals surface area contributed by atoms with E-state index in [0.717, 1.165) is 58.2 Å². The fourth-order valence-electron chi connectivity index (χ4n) is 6.00. The van der Waals surface area contributed by atoms with E-state index in [4.69, 9.17) is 9.47 Å². The fraction of sp³-hybridized carbons (Fsp3) is 0.229. The molecule has 0 radical (unpaired) electrons. The van der Waals surface area contributed by atoms with Crippen LogP contribution in [0.5, 0.6) is 11.6 Å². The van der Waals surface area contributed by atoms with Gasteiger partial charge in [0.25, 0.3) is 0 Å². The molecule has 0 aliphatic carbocycles. The molecule has 1 aromatic heterocycles. The molecule has 2 heterocycles. The van der Waals surface area contributed by atoms with Gasteiger partial charge in [0, 0.05) is 41.5 Å². The third-order valence-corrected chi connectivity index (χ3v) is 7.86. The first-order valence-electron chi connectivity index (χ1n) is 14.2. The standard InChI is InChI=1S/C35H34N2O4/c1-24-22-37(23-25-10-3-2-4-11-25)20-19-27(24)29-15-8-16-30-31(34(36-33(29)30)41-35(38)39)17-9-21-40-32-18-7-13-26-12-5-6-14-28(26)32/h2-8,10-16,18-19,24,36H,9,17,20-23H2,1H3,(H,38,39). The van der Waals surface area contributed by atoms with E-state index in [9.17, 15) is 9.90 Å². The zero-order valence-electron chi connectivity index (χ0n) is 23.2. The predicted octanol–water partition coefficient (Wildman–Crippen LogP) is 7.92. The van der Waals surface area contributed by atoms with Crippen molar-refractivity contribution in [2.24, 2.45) is 5.92 Å². The predicted molar refractivity (Wildman–Crippen MR) is 164 cm³/mol. The quantitative estimate of drug-likeness (QED) is 0.145. The van der Waals surface area contributed by atoms with Crippen molar-refractivity contribution in [2.45, 2.75) is 26.3 Å². The van der Waals surface area contributed by atoms with Crippen molar-refractivity contribution >= 4 is 33.4 Å². The number of H-pyrrole nitrogens is 1. The summed E-state index contributed by atoms with van der Waals surface area (Å²) in [4.78, 5) is 17.4. The normalized spacial score (nSPS) is 15.6. The minimum absolute atomic E-state index is 0.292. The summed E-state index contributed by atoms with van der Waals surface area (Å²) < 4.78 is 11.4. The van der Waals surface area contributed by atoms with Crippen LogP contribution in [0.1, 0.15) is 30.0 Å². The highest BCUT2D eigenvalue weighted by atomic mass is 16.7. The Kier molecular flexibility index (Phi) is 7.74. The number of fused-ring (bicyclic) bond motifs is 2. The Morgan fingerprint density at radius 3 is 2.54 bits per heavy atom. The third-order valence-electron chi connectivity index (χ3n) is 7.86. The van der Waals surface area contributed by atoms with Crippen molar-refractivity contribution in [3.05, 3.63) is 114 Å². The van der Waals surface area contributed by atoms with E-state index in [1.807, 2.05) is 36.4 Å². The second kappa shape index (κ2) is 11.9. The fourth-order valence-corrected chi connectivity index (χ4v) is 6.00. The Balaban J connectivity index is 1.22. The Morgan fingerprint density at radius 1 is 0.951 bits per heavy atom. The largest absolute Gasteiger partial charge is 0.512 e. The van der Waals surface area contributed by atoms with E-state index in [1.54, 1.807) is 0 Å². The number of benzene rings is 4. The van der Waals surface area contributed by atoms with Crippen LogP contribution in [-0.4, -0.2) is 40.8 Å². The summed E-state index contributed by atoms with van der Waals surface area (Å²) >= 11 is 0. The molecule has 6 heteroatoms. The highest BCUT2D eigenvalue weighted by Crippen LogP contribution is 2.37. The minimum atomic E-state index is -1.33. The third kappa shape index (κ3) is 5.83. The van der Waals surface area contributed by atoms with Crippen LogP contribution in [0.4, 0.5) is 4.79 Å². The maximum absolute atomic E-state index is 11.6. The Hall–Kier alpha value is -4.55. The van der Waals surface area contributed by atoms with Gasteiger partial charge in [-0.05, 0) is 41.3 Å². The molecule has 208 valence electrons. The number of carboxylic acid groups (broad SMARTS) is 1. The van der Waals surface area contributed by atoms with Gasteiger partial charge in [-0.3, -0.25) is 4.90 Å². The highest BCUT2D eigenvalue weighted by molar-refractivity contribution is 5.96. The van der Waals surface area contributed by atoms with Gasteiger partial charge in [0.2, 0.25) is 5.88 Å². The van der Waals surface area contributed by atoms with Gasteiger partial charge in [0.05, 0.1) is 12.1 Å². The molecule has 2 N–H and O–H groups in total. The number of hydrogen-bond donors (Lipinski definition) is 2. The van der Waals surface area contributed by atoms with Gasteiger partial charge in [-0.25, -0.2) is 4.79 Å². The topological polar surface area (TPSA) is 74.8 Å². The van der Waals surface area contributed by atoms with Crippen molar-refractivity contribution in [3.63, 3.8) is 0 Å². The Morgan fingerprint density at radius 2 is 1.71 bits per heavy atom. The van der Waals surface area contributed by atoms with Gasteiger partial charge in [-0.1, -0.05) is 97.9 Å². The number of para-hydroxylation sites is 1. The number of aromatic nitrogens is 1. The summed E-state index contributed by atoms with van der Waals surface area (Å²) in [6.45, 7) is 5.50. The van der Waals surface area contributed by atoms with Crippen molar-refractivity contribution in [1.82, 2.24) is 9.88 Å². The summed E-state index contributed by atoms with van der Waals surface area (Å²) in [5.74, 6) is 1.47. The number of aryl methyl sites for hydroxylation is 1. The number of nitrogens with one attached hydrogen (secondary N) is 1. The first-order valence-corrected chi connectivity index (χ1v) is 14.2. The SMILES string of the molecule is CC1CN(Cc2ccccc2)CC=C1c1cccc2c(CCCOc3cccc4ccccc34)c(OC(=O)O)[nH]c12. The van der Waals surface area contributed by atoms with Crippen molar-refractivity contribution in [2.75, 3.05) is 19.7 Å². The summed E-state index contributed by atoms with van der Waals surface area (Å²) in [5, 5.41) is 12.7. The van der Waals surface area contributed by atoms with E-state index in [-0.39, 0.29) is 0 Å². The Bertz CT molecular complexity index is 1700. The lowest BCUT2D eigenvalue weighted by Crippen LogP contribution is -2.32. The van der Waals surface area contributed by atoms with Gasteiger partial charge < -0.3 is 19.6 Å². The van der Waals surface area contributed by atoms with Crippen LogP contribution < -0.4 is 9.47 Å². The number of hydrogen-bond acceptors (Lipinski definition) is 4. The molecule has 6 nitrogen and oxygen atoms in total. The van der Waals surface area contributed by atoms with Crippen molar-refractivity contribution in [3.8, 4) is 11.6 Å². The number of aromatic amines is 1. The summed E-state index contributed by atoms with van der Waals surface area (Å²) in [7, 11) is 0. The molecule has 1 aliphatic rings. The molecule has 5 aromatic rings. The lowest BCUT2D eigenvalue weighted by Gasteiger charge is -2.31. The smallest absolute Gasteiger partial charge is 0.493 e. The second-order valence-electron chi connectivity index (χ2n) is 10.7. The van der Waals surface area contributed by atoms with Crippen LogP contribution >= 0.6 is 0 Å². The first kappa shape index (κ1) is 26.7. The van der Waals surface area contributed by atoms with Crippen molar-refractivity contribution < 1.29 is 19.4 Å². The first-order chi connectivity index (χ1) is 20.1. The molecule has 4 aromatic carbocycles. The average molecular weight is 547 g/mol. The van der Waals surface area contributed by atoms with Gasteiger partial charge in [0.15, 0.2) is 0 Å². The van der Waals surface area contributed by atoms with E-state index in [0.29, 0.717) is 31.2 Å². The molecule has 0 bridgehead atoms. The molecule has 0 fully saturated rings. The maximum Gasteiger partial charge on any atom is 0.512 e. The van der Waals surface area contributed by atoms with E-state index < -0.39 is 6.16 Å². The monoisotopic (exact) mass is 546 g/mol. The number of carbonyl (C=O) groups is 1. The highest BCUT2D eigenvalue weighted by Gasteiger charge is 2.24. The summed E-state index contributed by atoms with van der Waals surface area (Å²) in [6.07, 6.45) is 2.32. The second-order valence-corrected chi connectivity index (χ2v) is 10.7. The molecule has 1 aliphatic heterocycles. The molecule has 6 rings (SSSR count). The van der Waals surface area contributed by atoms with E-state index in [1.165, 1.54) is 11.1 Å². The number of nitrogens with zero attached hydrogens (tertiary/aromatic N) is 1. The molecule has 1 unspecified atom stereocenters. The van der Waals surface area contributed by atoms with Crippen LogP contribution in [0, 0.1) is 5.92 Å². The zero-order chi connectivity index (χ0) is 28.2. The lowest BCUT2D eigenvalue weighted by molar-refractivity contribution is 0.142. The van der Waals surface area contributed by atoms with Crippen LogP contribution in [0.3, 0.4) is 0 Å². The number of rotatable bonds is 9. The number of ether oxygens (including phenoxy) is 2. The average Bonchev–Trinajstić information content (AvgIpc) is 3.32. The lowest BCUT2D eigenvalue weighted by atomic mass is 9.89. The van der Waals surface area contributed by atoms with Crippen LogP contribution in [-0.2, 0) is 13.0 Å². The minimum Gasteiger partial charge on any atom is -0.493 e. The van der Waals surface area contributed by atoms with Crippen LogP contribution in [0.25, 0.3) is 27.2 Å². The summed E-state index contributed by atoms with van der Waals surface area (Å²) in [5.41, 5.74) is 5.47. The van der Waals surface area contributed by atoms with Gasteiger partial charge in [-0.15, -0.1) is 0 Å². The molecule has 0 amide bonds. The maximum atomic E-state index is 11.6. The van der Waals surface area contributed by atoms with Gasteiger partial charge in [-0.2, -0.15) is 0 Å². The molecular weight excluding hydrogens is 512 g/mol. The Labute approximate surface area is 239 Å². The molecular formula is C35H34N2O4. The molecule has 0 spiro atoms. The molecule has 0 saturated carbocycles. The van der Waals surface area contributed by atoms with E-state index in [2.05, 4.69) is 77.5 Å². The van der Waals surface area contributed by atoms with Crippen LogP contribution in [0.15, 0.2) is 97.1 Å². The van der Waals surface area contributed by atoms with Crippen molar-refractivity contribution in [1.29, 1.82) is 0 Å². The van der Waals surface area contributed by atoms with Gasteiger partial charge >= 0.3 is 6.16 Å². The molecule has 0 saturated heterocycles. The van der Waals surface area contributed by atoms with Crippen LogP contribution in [0.2, 0.25) is 0 Å². The zero-order valence-corrected chi connectivity index (χ0v) is 23.2. The van der Waals surface area contributed by atoms with Gasteiger partial charge in [0.1, 0.15) is 5.75 Å². The molecule has 1 atom stereocenters.